The van der Waals surface area contributed by atoms with Crippen LogP contribution in [0.5, 0.6) is 0 Å². The molecule has 6 nitrogen and oxygen atoms in total. The maximum absolute atomic E-state index is 11.7. The summed E-state index contributed by atoms with van der Waals surface area (Å²) >= 11 is 0. The molecule has 1 heterocycles. The first-order valence-electron chi connectivity index (χ1n) is 8.54. The van der Waals surface area contributed by atoms with Crippen molar-refractivity contribution in [1.82, 2.24) is 4.90 Å². The quantitative estimate of drug-likeness (QED) is 0.511. The van der Waals surface area contributed by atoms with Crippen LogP contribution in [-0.2, 0) is 14.0 Å². The molecule has 0 aromatic carbocycles. The van der Waals surface area contributed by atoms with Crippen LogP contribution in [-0.4, -0.2) is 55.2 Å². The van der Waals surface area contributed by atoms with E-state index in [-0.39, 0.29) is 12.1 Å². The van der Waals surface area contributed by atoms with Crippen molar-refractivity contribution in [2.45, 2.75) is 83.5 Å². The van der Waals surface area contributed by atoms with Gasteiger partial charge < -0.3 is 19.1 Å². The average Bonchev–Trinajstić information content (AvgIpc) is 2.84. The highest BCUT2D eigenvalue weighted by Gasteiger charge is 2.48. The van der Waals surface area contributed by atoms with E-state index in [4.69, 9.17) is 9.16 Å². The first kappa shape index (κ1) is 20.1. The molecule has 0 radical (unpaired) electrons. The summed E-state index contributed by atoms with van der Waals surface area (Å²) in [7, 11) is -1.90. The highest BCUT2D eigenvalue weighted by molar-refractivity contribution is 6.73. The number of carbonyl (C=O) groups is 2. The number of hydrogen-bond acceptors (Lipinski definition) is 4. The van der Waals surface area contributed by atoms with Crippen LogP contribution in [0.3, 0.4) is 0 Å². The second kappa shape index (κ2) is 8.26. The zero-order chi connectivity index (χ0) is 17.7. The summed E-state index contributed by atoms with van der Waals surface area (Å²) in [6.45, 7) is 10.2. The van der Waals surface area contributed by atoms with Crippen LogP contribution < -0.4 is 0 Å². The van der Waals surface area contributed by atoms with E-state index in [0.29, 0.717) is 19.4 Å². The van der Waals surface area contributed by atoms with Crippen molar-refractivity contribution in [2.75, 3.05) is 6.61 Å². The van der Waals surface area contributed by atoms with Crippen LogP contribution in [0, 0.1) is 0 Å². The minimum atomic E-state index is -1.90. The van der Waals surface area contributed by atoms with E-state index in [0.717, 1.165) is 24.4 Å². The lowest BCUT2D eigenvalue weighted by molar-refractivity contribution is -0.108. The smallest absolute Gasteiger partial charge is 0.409 e. The summed E-state index contributed by atoms with van der Waals surface area (Å²) in [6.07, 6.45) is 0.483. The molecule has 2 atom stereocenters. The van der Waals surface area contributed by atoms with Crippen molar-refractivity contribution < 1.29 is 23.9 Å². The van der Waals surface area contributed by atoms with Gasteiger partial charge in [-0.3, -0.25) is 4.90 Å². The molecule has 7 heteroatoms. The molecular formula is C16H31NO5Si. The molecule has 1 rings (SSSR count). The number of nitrogens with zero attached hydrogens (tertiary/aromatic N) is 1. The van der Waals surface area contributed by atoms with Gasteiger partial charge in [0.25, 0.3) is 0 Å². The molecule has 1 amide bonds. The molecule has 0 unspecified atom stereocenters. The topological polar surface area (TPSA) is 76.1 Å². The molecule has 134 valence electrons. The fourth-order valence-corrected chi connectivity index (χ4v) is 6.28. The van der Waals surface area contributed by atoms with Crippen molar-refractivity contribution >= 4 is 20.7 Å². The molecule has 0 aromatic heterocycles. The molecule has 23 heavy (non-hydrogen) atoms. The monoisotopic (exact) mass is 345 g/mol. The van der Waals surface area contributed by atoms with Gasteiger partial charge in [0, 0.05) is 6.42 Å². The van der Waals surface area contributed by atoms with Crippen molar-refractivity contribution in [3.8, 4) is 0 Å². The van der Waals surface area contributed by atoms with Gasteiger partial charge in [0.05, 0.1) is 18.8 Å². The number of carbonyl (C=O) groups excluding carboxylic acids is 1. The Bertz CT molecular complexity index is 403. The largest absolute Gasteiger partial charge is 0.465 e. The van der Waals surface area contributed by atoms with Gasteiger partial charge in [-0.05, 0) is 38.4 Å². The molecule has 1 fully saturated rings. The highest BCUT2D eigenvalue weighted by atomic mass is 28.4. The number of amides is 1. The van der Waals surface area contributed by atoms with Gasteiger partial charge in [-0.1, -0.05) is 20.8 Å². The Morgan fingerprint density at radius 1 is 1.39 bits per heavy atom. The molecular weight excluding hydrogens is 314 g/mol. The Labute approximate surface area is 140 Å². The number of hydrogen-bond donors (Lipinski definition) is 1. The van der Waals surface area contributed by atoms with Gasteiger partial charge in [-0.15, -0.1) is 0 Å². The fourth-order valence-electron chi connectivity index (χ4n) is 3.36. The number of aldehydes is 1. The summed E-state index contributed by atoms with van der Waals surface area (Å²) < 4.78 is 12.2. The SMILES string of the molecule is CC[Si](CC)(CC)O[C@H](CCC=O)[C@@H]1COC(C)(C)N1C(=O)O. The standard InChI is InChI=1S/C16H31NO5Si/c1-6-23(7-2,8-3)22-14(10-9-11-18)13-12-21-16(4,5)17(13)15(19)20/h11,13-14H,6-10,12H2,1-5H3,(H,19,20)/t13-,14+/m0/s1. The van der Waals surface area contributed by atoms with E-state index in [1.165, 1.54) is 4.90 Å². The van der Waals surface area contributed by atoms with Crippen LogP contribution in [0.1, 0.15) is 47.5 Å². The van der Waals surface area contributed by atoms with Gasteiger partial charge >= 0.3 is 6.09 Å². The lowest BCUT2D eigenvalue weighted by Crippen LogP contribution is -2.54. The van der Waals surface area contributed by atoms with Crippen LogP contribution in [0.15, 0.2) is 0 Å². The third-order valence-electron chi connectivity index (χ3n) is 5.06. The Balaban J connectivity index is 3.05. The Morgan fingerprint density at radius 3 is 2.39 bits per heavy atom. The molecule has 1 aliphatic rings. The van der Waals surface area contributed by atoms with E-state index < -0.39 is 20.1 Å². The van der Waals surface area contributed by atoms with Gasteiger partial charge in [-0.2, -0.15) is 0 Å². The van der Waals surface area contributed by atoms with Gasteiger partial charge in [-0.25, -0.2) is 4.79 Å². The lowest BCUT2D eigenvalue weighted by atomic mass is 10.1. The van der Waals surface area contributed by atoms with Crippen molar-refractivity contribution in [3.63, 3.8) is 0 Å². The van der Waals surface area contributed by atoms with E-state index in [1.54, 1.807) is 13.8 Å². The summed E-state index contributed by atoms with van der Waals surface area (Å²) in [4.78, 5) is 23.9. The minimum Gasteiger partial charge on any atom is -0.465 e. The molecule has 1 saturated heterocycles. The average molecular weight is 346 g/mol. The van der Waals surface area contributed by atoms with Crippen LogP contribution in [0.4, 0.5) is 4.79 Å². The molecule has 0 saturated carbocycles. The van der Waals surface area contributed by atoms with Gasteiger partial charge in [0.2, 0.25) is 0 Å². The molecule has 0 spiro atoms. The third kappa shape index (κ3) is 4.55. The summed E-state index contributed by atoms with van der Waals surface area (Å²) in [5.74, 6) is 0. The predicted octanol–water partition coefficient (Wildman–Crippen LogP) is 3.47. The summed E-state index contributed by atoms with van der Waals surface area (Å²) in [5.41, 5.74) is -0.867. The van der Waals surface area contributed by atoms with Crippen molar-refractivity contribution in [3.05, 3.63) is 0 Å². The fraction of sp³-hybridized carbons (Fsp3) is 0.875. The van der Waals surface area contributed by atoms with Gasteiger partial charge in [0.1, 0.15) is 12.0 Å². The van der Waals surface area contributed by atoms with Crippen LogP contribution in [0.25, 0.3) is 0 Å². The number of carboxylic acid groups (broad SMARTS) is 1. The first-order chi connectivity index (χ1) is 10.8. The number of rotatable bonds is 9. The molecule has 1 aliphatic heterocycles. The molecule has 1 N–H and O–H groups in total. The second-order valence-corrected chi connectivity index (χ2v) is 11.3. The first-order valence-corrected chi connectivity index (χ1v) is 11.1. The maximum atomic E-state index is 11.7. The van der Waals surface area contributed by atoms with Crippen molar-refractivity contribution in [2.24, 2.45) is 0 Å². The number of ether oxygens (including phenoxy) is 1. The van der Waals surface area contributed by atoms with Crippen LogP contribution in [0.2, 0.25) is 18.1 Å². The molecule has 0 bridgehead atoms. The Kier molecular flexibility index (Phi) is 7.22. The third-order valence-corrected chi connectivity index (χ3v) is 9.73. The predicted molar refractivity (Wildman–Crippen MR) is 91.1 cm³/mol. The minimum absolute atomic E-state index is 0.287. The maximum Gasteiger partial charge on any atom is 0.409 e. The van der Waals surface area contributed by atoms with E-state index in [1.807, 2.05) is 0 Å². The van der Waals surface area contributed by atoms with E-state index in [2.05, 4.69) is 20.8 Å². The molecule has 0 aliphatic carbocycles. The second-order valence-electron chi connectivity index (χ2n) is 6.62. The lowest BCUT2D eigenvalue weighted by Gasteiger charge is -2.39. The zero-order valence-corrected chi connectivity index (χ0v) is 16.0. The Hall–Kier alpha value is -0.923. The van der Waals surface area contributed by atoms with Crippen LogP contribution >= 0.6 is 0 Å². The Morgan fingerprint density at radius 2 is 1.96 bits per heavy atom. The summed E-state index contributed by atoms with van der Waals surface area (Å²) in [6, 6.07) is 2.60. The van der Waals surface area contributed by atoms with E-state index >= 15 is 0 Å². The summed E-state index contributed by atoms with van der Waals surface area (Å²) in [5, 5.41) is 9.60. The zero-order valence-electron chi connectivity index (χ0n) is 15.0. The highest BCUT2D eigenvalue weighted by Crippen LogP contribution is 2.34. The van der Waals surface area contributed by atoms with Crippen molar-refractivity contribution in [1.29, 1.82) is 0 Å². The normalized spacial score (nSPS) is 22.1. The van der Waals surface area contributed by atoms with E-state index in [9.17, 15) is 14.7 Å². The van der Waals surface area contributed by atoms with Gasteiger partial charge in [0.15, 0.2) is 8.32 Å². The molecule has 0 aromatic rings.